The molecule has 6 nitrogen and oxygen atoms in total. The minimum absolute atomic E-state index is 0.0793. The first-order valence-electron chi connectivity index (χ1n) is 8.92. The van der Waals surface area contributed by atoms with Gasteiger partial charge in [-0.25, -0.2) is 15.0 Å². The van der Waals surface area contributed by atoms with Gasteiger partial charge in [0.25, 0.3) is 0 Å². The van der Waals surface area contributed by atoms with E-state index >= 15 is 0 Å². The van der Waals surface area contributed by atoms with Gasteiger partial charge in [0.2, 0.25) is 5.91 Å². The lowest BCUT2D eigenvalue weighted by molar-refractivity contribution is -0.125. The molecule has 2 aromatic heterocycles. The minimum Gasteiger partial charge on any atom is -0.356 e. The summed E-state index contributed by atoms with van der Waals surface area (Å²) in [6.07, 6.45) is 5.92. The smallest absolute Gasteiger partial charge is 0.223 e. The SMILES string of the molecule is O=C(NCCc1nccs1)C1CCN(c2ncnc3ccccc23)CC1. The molecule has 0 spiro atoms. The van der Waals surface area contributed by atoms with E-state index < -0.39 is 0 Å². The Morgan fingerprint density at radius 1 is 1.19 bits per heavy atom. The average Bonchev–Trinajstić information content (AvgIpc) is 3.21. The second kappa shape index (κ2) is 7.78. The second-order valence-electron chi connectivity index (χ2n) is 6.44. The van der Waals surface area contributed by atoms with Gasteiger partial charge < -0.3 is 10.2 Å². The molecule has 0 saturated carbocycles. The number of carbonyl (C=O) groups excluding carboxylic acids is 1. The van der Waals surface area contributed by atoms with Gasteiger partial charge in [0.15, 0.2) is 0 Å². The van der Waals surface area contributed by atoms with E-state index in [4.69, 9.17) is 0 Å². The van der Waals surface area contributed by atoms with Gasteiger partial charge >= 0.3 is 0 Å². The van der Waals surface area contributed by atoms with Crippen LogP contribution < -0.4 is 10.2 Å². The zero-order valence-corrected chi connectivity index (χ0v) is 15.3. The Balaban J connectivity index is 1.32. The molecular formula is C19H21N5OS. The minimum atomic E-state index is 0.0793. The summed E-state index contributed by atoms with van der Waals surface area (Å²) in [5.41, 5.74) is 0.958. The molecule has 1 N–H and O–H groups in total. The molecule has 1 aliphatic heterocycles. The highest BCUT2D eigenvalue weighted by Crippen LogP contribution is 2.27. The highest BCUT2D eigenvalue weighted by molar-refractivity contribution is 7.09. The molecule has 1 amide bonds. The lowest BCUT2D eigenvalue weighted by Gasteiger charge is -2.32. The molecule has 0 radical (unpaired) electrons. The van der Waals surface area contributed by atoms with E-state index in [0.717, 1.165) is 54.1 Å². The van der Waals surface area contributed by atoms with Crippen LogP contribution in [0.5, 0.6) is 0 Å². The Kier molecular flexibility index (Phi) is 5.06. The number of anilines is 1. The van der Waals surface area contributed by atoms with Crippen molar-refractivity contribution in [1.82, 2.24) is 20.3 Å². The van der Waals surface area contributed by atoms with Crippen molar-refractivity contribution < 1.29 is 4.79 Å². The first-order valence-corrected chi connectivity index (χ1v) is 9.80. The molecule has 134 valence electrons. The van der Waals surface area contributed by atoms with Crippen LogP contribution in [0, 0.1) is 5.92 Å². The molecule has 4 rings (SSSR count). The Morgan fingerprint density at radius 3 is 2.85 bits per heavy atom. The number of thiazole rings is 1. The largest absolute Gasteiger partial charge is 0.356 e. The van der Waals surface area contributed by atoms with E-state index in [0.29, 0.717) is 6.54 Å². The van der Waals surface area contributed by atoms with E-state index in [2.05, 4.69) is 31.2 Å². The van der Waals surface area contributed by atoms with Gasteiger partial charge in [-0.3, -0.25) is 4.79 Å². The number of nitrogens with one attached hydrogen (secondary N) is 1. The zero-order valence-electron chi connectivity index (χ0n) is 14.5. The van der Waals surface area contributed by atoms with Crippen LogP contribution in [0.2, 0.25) is 0 Å². The number of rotatable bonds is 5. The van der Waals surface area contributed by atoms with Crippen molar-refractivity contribution in [2.45, 2.75) is 19.3 Å². The molecule has 0 atom stereocenters. The fourth-order valence-corrected chi connectivity index (χ4v) is 4.03. The van der Waals surface area contributed by atoms with Crippen LogP contribution in [-0.2, 0) is 11.2 Å². The summed E-state index contributed by atoms with van der Waals surface area (Å²) in [7, 11) is 0. The maximum absolute atomic E-state index is 12.4. The molecule has 26 heavy (non-hydrogen) atoms. The van der Waals surface area contributed by atoms with Gasteiger partial charge in [-0.1, -0.05) is 12.1 Å². The Morgan fingerprint density at radius 2 is 2.04 bits per heavy atom. The highest BCUT2D eigenvalue weighted by Gasteiger charge is 2.26. The normalized spacial score (nSPS) is 15.3. The van der Waals surface area contributed by atoms with E-state index in [1.165, 1.54) is 0 Å². The van der Waals surface area contributed by atoms with Crippen molar-refractivity contribution in [3.8, 4) is 0 Å². The quantitative estimate of drug-likeness (QED) is 0.751. The lowest BCUT2D eigenvalue weighted by atomic mass is 9.95. The number of hydrogen-bond acceptors (Lipinski definition) is 6. The molecule has 0 unspecified atom stereocenters. The predicted octanol–water partition coefficient (Wildman–Crippen LogP) is 2.66. The Hall–Kier alpha value is -2.54. The summed E-state index contributed by atoms with van der Waals surface area (Å²) in [6.45, 7) is 2.33. The fourth-order valence-electron chi connectivity index (χ4n) is 3.41. The van der Waals surface area contributed by atoms with Crippen LogP contribution in [0.3, 0.4) is 0 Å². The molecule has 3 aromatic rings. The third kappa shape index (κ3) is 3.67. The van der Waals surface area contributed by atoms with Crippen LogP contribution in [0.1, 0.15) is 17.8 Å². The van der Waals surface area contributed by atoms with Crippen LogP contribution in [0.25, 0.3) is 10.9 Å². The molecule has 1 fully saturated rings. The van der Waals surface area contributed by atoms with Crippen molar-refractivity contribution >= 4 is 34.0 Å². The lowest BCUT2D eigenvalue weighted by Crippen LogP contribution is -2.41. The number of nitrogens with zero attached hydrogens (tertiary/aromatic N) is 4. The van der Waals surface area contributed by atoms with E-state index in [1.54, 1.807) is 23.9 Å². The average molecular weight is 367 g/mol. The van der Waals surface area contributed by atoms with E-state index in [1.807, 2.05) is 23.6 Å². The number of carbonyl (C=O) groups is 1. The van der Waals surface area contributed by atoms with E-state index in [9.17, 15) is 4.79 Å². The molecule has 7 heteroatoms. The number of piperidine rings is 1. The fraction of sp³-hybridized carbons (Fsp3) is 0.368. The molecule has 3 heterocycles. The summed E-state index contributed by atoms with van der Waals surface area (Å²) in [5, 5.41) is 7.16. The highest BCUT2D eigenvalue weighted by atomic mass is 32.1. The maximum atomic E-state index is 12.4. The third-order valence-electron chi connectivity index (χ3n) is 4.81. The third-order valence-corrected chi connectivity index (χ3v) is 5.65. The Bertz CT molecular complexity index is 869. The van der Waals surface area contributed by atoms with Gasteiger partial charge in [0, 0.05) is 48.9 Å². The number of benzene rings is 1. The molecule has 0 aliphatic carbocycles. The summed E-state index contributed by atoms with van der Waals surface area (Å²) < 4.78 is 0. The maximum Gasteiger partial charge on any atom is 0.223 e. The topological polar surface area (TPSA) is 71.0 Å². The van der Waals surface area contributed by atoms with Crippen LogP contribution >= 0.6 is 11.3 Å². The standard InChI is InChI=1S/C19H21N5OS/c25-19(21-8-5-17-20-9-12-26-17)14-6-10-24(11-7-14)18-15-3-1-2-4-16(15)22-13-23-18/h1-4,9,12-14H,5-8,10-11H2,(H,21,25). The summed E-state index contributed by atoms with van der Waals surface area (Å²) in [6, 6.07) is 8.06. The molecule has 1 saturated heterocycles. The zero-order chi connectivity index (χ0) is 17.8. The van der Waals surface area contributed by atoms with Gasteiger partial charge in [-0.15, -0.1) is 11.3 Å². The van der Waals surface area contributed by atoms with Crippen LogP contribution in [0.4, 0.5) is 5.82 Å². The predicted molar refractivity (Wildman–Crippen MR) is 103 cm³/mol. The summed E-state index contributed by atoms with van der Waals surface area (Å²) in [5.74, 6) is 1.21. The molecule has 1 aromatic carbocycles. The van der Waals surface area contributed by atoms with Crippen molar-refractivity contribution in [3.05, 3.63) is 47.2 Å². The van der Waals surface area contributed by atoms with Crippen molar-refractivity contribution in [3.63, 3.8) is 0 Å². The monoisotopic (exact) mass is 367 g/mol. The van der Waals surface area contributed by atoms with Crippen molar-refractivity contribution in [2.24, 2.45) is 5.92 Å². The second-order valence-corrected chi connectivity index (χ2v) is 7.42. The molecular weight excluding hydrogens is 346 g/mol. The first-order chi connectivity index (χ1) is 12.8. The number of fused-ring (bicyclic) bond motifs is 1. The number of hydrogen-bond donors (Lipinski definition) is 1. The van der Waals surface area contributed by atoms with Gasteiger partial charge in [0.05, 0.1) is 10.5 Å². The van der Waals surface area contributed by atoms with Crippen molar-refractivity contribution in [1.29, 1.82) is 0 Å². The van der Waals surface area contributed by atoms with Crippen LogP contribution in [0.15, 0.2) is 42.2 Å². The van der Waals surface area contributed by atoms with Gasteiger partial charge in [-0.2, -0.15) is 0 Å². The van der Waals surface area contributed by atoms with Gasteiger partial charge in [0.1, 0.15) is 12.1 Å². The first kappa shape index (κ1) is 16.9. The number of aromatic nitrogens is 3. The van der Waals surface area contributed by atoms with Crippen molar-refractivity contribution in [2.75, 3.05) is 24.5 Å². The Labute approximate surface area is 156 Å². The summed E-state index contributed by atoms with van der Waals surface area (Å²) >= 11 is 1.63. The van der Waals surface area contributed by atoms with E-state index in [-0.39, 0.29) is 11.8 Å². The number of para-hydroxylation sites is 1. The molecule has 0 bridgehead atoms. The summed E-state index contributed by atoms with van der Waals surface area (Å²) in [4.78, 5) is 27.7. The number of amides is 1. The molecule has 1 aliphatic rings. The van der Waals surface area contributed by atoms with Gasteiger partial charge in [-0.05, 0) is 25.0 Å². The van der Waals surface area contributed by atoms with Crippen LogP contribution in [-0.4, -0.2) is 40.5 Å².